The third-order valence-electron chi connectivity index (χ3n) is 1.81. The van der Waals surface area contributed by atoms with Gasteiger partial charge in [-0.15, -0.1) is 0 Å². The molecule has 0 saturated carbocycles. The first kappa shape index (κ1) is 54.6. The highest BCUT2D eigenvalue weighted by Crippen LogP contribution is 1.69. The van der Waals surface area contributed by atoms with Crippen LogP contribution in [0.15, 0.2) is 0 Å². The molecule has 0 spiro atoms. The Labute approximate surface area is 221 Å². The van der Waals surface area contributed by atoms with Crippen molar-refractivity contribution in [2.45, 2.75) is 93.9 Å². The molecule has 0 radical (unpaired) electrons. The molecule has 0 aliphatic carbocycles. The van der Waals surface area contributed by atoms with Gasteiger partial charge in [-0.2, -0.15) is 0 Å². The molecule has 228 valence electrons. The van der Waals surface area contributed by atoms with Crippen LogP contribution in [-0.2, 0) is 38.4 Å². The summed E-state index contributed by atoms with van der Waals surface area (Å²) in [4.78, 5) is 74.2. The van der Waals surface area contributed by atoms with Gasteiger partial charge >= 0.3 is 35.8 Å². The summed E-state index contributed by atoms with van der Waals surface area (Å²) in [5.41, 5.74) is 0. The summed E-state index contributed by atoms with van der Waals surface area (Å²) in [6.07, 6.45) is 1.33. The van der Waals surface area contributed by atoms with Crippen molar-refractivity contribution in [3.8, 4) is 0 Å². The van der Waals surface area contributed by atoms with Crippen LogP contribution in [0.3, 0.4) is 0 Å². The summed E-state index contributed by atoms with van der Waals surface area (Å²) in [5, 5.41) is 61.2. The standard InChI is InChI=1S/6C3H6O2.2C2H4O2/c6*1-2-3(4)5;2*1-2(3)4/h6*2H2,1H3,(H,4,5);2*1H3,(H,3,4). The lowest BCUT2D eigenvalue weighted by atomic mass is 10.5. The maximum atomic E-state index is 9.37. The summed E-state index contributed by atoms with van der Waals surface area (Å²) in [7, 11) is 0. The summed E-state index contributed by atoms with van der Waals surface area (Å²) >= 11 is 0. The van der Waals surface area contributed by atoms with Crippen LogP contribution in [0.2, 0.25) is 0 Å². The molecule has 0 aromatic heterocycles. The quantitative estimate of drug-likeness (QED) is 0.230. The van der Waals surface area contributed by atoms with Gasteiger partial charge in [0.15, 0.2) is 0 Å². The Balaban J connectivity index is -0.0000000452. The van der Waals surface area contributed by atoms with E-state index in [4.69, 9.17) is 50.4 Å². The van der Waals surface area contributed by atoms with Crippen molar-refractivity contribution in [1.82, 2.24) is 0 Å². The molecule has 0 heterocycles. The topological polar surface area (TPSA) is 298 Å². The smallest absolute Gasteiger partial charge is 0.303 e. The highest BCUT2D eigenvalue weighted by atomic mass is 16.4. The van der Waals surface area contributed by atoms with Gasteiger partial charge in [-0.25, -0.2) is 0 Å². The Hall–Kier alpha value is -4.24. The van der Waals surface area contributed by atoms with E-state index in [1.54, 1.807) is 41.5 Å². The van der Waals surface area contributed by atoms with E-state index in [-0.39, 0.29) is 38.5 Å². The third-order valence-corrected chi connectivity index (χ3v) is 1.81. The largest absolute Gasteiger partial charge is 0.481 e. The fourth-order valence-electron chi connectivity index (χ4n) is 0. The van der Waals surface area contributed by atoms with Crippen molar-refractivity contribution in [1.29, 1.82) is 0 Å². The minimum Gasteiger partial charge on any atom is -0.481 e. The van der Waals surface area contributed by atoms with E-state index in [9.17, 15) is 28.8 Å². The molecule has 38 heavy (non-hydrogen) atoms. The first-order valence-electron chi connectivity index (χ1n) is 10.8. The predicted molar refractivity (Wildman–Crippen MR) is 134 cm³/mol. The van der Waals surface area contributed by atoms with Crippen molar-refractivity contribution < 1.29 is 79.2 Å². The maximum Gasteiger partial charge on any atom is 0.303 e. The second-order valence-electron chi connectivity index (χ2n) is 5.52. The summed E-state index contributed by atoms with van der Waals surface area (Å²) in [5.74, 6) is -6.14. The van der Waals surface area contributed by atoms with E-state index >= 15 is 0 Å². The van der Waals surface area contributed by atoms with Gasteiger partial charge in [-0.05, 0) is 0 Å². The van der Waals surface area contributed by atoms with Crippen LogP contribution in [0.1, 0.15) is 93.9 Å². The molecule has 0 aliphatic rings. The van der Waals surface area contributed by atoms with Gasteiger partial charge in [0.05, 0.1) is 0 Å². The second kappa shape index (κ2) is 49.8. The maximum absolute atomic E-state index is 9.37. The third kappa shape index (κ3) is 499. The SMILES string of the molecule is CC(=O)O.CC(=O)O.CCC(=O)O.CCC(=O)O.CCC(=O)O.CCC(=O)O.CCC(=O)O.CCC(=O)O. The molecule has 0 aromatic rings. The second-order valence-corrected chi connectivity index (χ2v) is 5.52. The number of carboxylic acid groups (broad SMARTS) is 8. The van der Waals surface area contributed by atoms with Crippen molar-refractivity contribution >= 4 is 47.8 Å². The van der Waals surface area contributed by atoms with Crippen molar-refractivity contribution in [2.24, 2.45) is 0 Å². The van der Waals surface area contributed by atoms with Crippen molar-refractivity contribution in [3.63, 3.8) is 0 Å². The summed E-state index contributed by atoms with van der Waals surface area (Å²) < 4.78 is 0. The molecule has 0 fully saturated rings. The molecule has 0 bridgehead atoms. The zero-order chi connectivity index (χ0) is 32.9. The van der Waals surface area contributed by atoms with Crippen LogP contribution in [0.5, 0.6) is 0 Å². The summed E-state index contributed by atoms with van der Waals surface area (Å²) in [6, 6.07) is 0. The minimum absolute atomic E-state index is 0.222. The fraction of sp³-hybridized carbons (Fsp3) is 0.636. The van der Waals surface area contributed by atoms with E-state index in [0.29, 0.717) is 0 Å². The molecular formula is C22H44O16. The monoisotopic (exact) mass is 564 g/mol. The van der Waals surface area contributed by atoms with Gasteiger partial charge in [0.25, 0.3) is 11.9 Å². The highest BCUT2D eigenvalue weighted by Gasteiger charge is 1.83. The van der Waals surface area contributed by atoms with Gasteiger partial charge in [0, 0.05) is 52.4 Å². The van der Waals surface area contributed by atoms with Crippen molar-refractivity contribution in [2.75, 3.05) is 0 Å². The van der Waals surface area contributed by atoms with E-state index in [0.717, 1.165) is 13.8 Å². The van der Waals surface area contributed by atoms with Gasteiger partial charge in [-0.3, -0.25) is 38.4 Å². The molecule has 0 amide bonds. The lowest BCUT2D eigenvalue weighted by Crippen LogP contribution is -1.86. The number of carbonyl (C=O) groups is 8. The first-order valence-corrected chi connectivity index (χ1v) is 10.8. The molecule has 16 heteroatoms. The molecule has 0 unspecified atom stereocenters. The molecule has 0 saturated heterocycles. The number of carboxylic acids is 8. The zero-order valence-corrected chi connectivity index (χ0v) is 23.1. The molecule has 16 nitrogen and oxygen atoms in total. The predicted octanol–water partition coefficient (Wildman–Crippen LogP) is 3.07. The summed E-state index contributed by atoms with van der Waals surface area (Å²) in [6.45, 7) is 11.8. The molecule has 8 N–H and O–H groups in total. The number of hydrogen-bond donors (Lipinski definition) is 8. The Morgan fingerprint density at radius 2 is 0.342 bits per heavy atom. The molecule has 0 rings (SSSR count). The first-order chi connectivity index (χ1) is 17.1. The lowest BCUT2D eigenvalue weighted by Gasteiger charge is -1.71. The van der Waals surface area contributed by atoms with Gasteiger partial charge in [0.2, 0.25) is 0 Å². The van der Waals surface area contributed by atoms with Crippen LogP contribution < -0.4 is 0 Å². The normalized spacial score (nSPS) is 7.16. The number of aliphatic carboxylic acids is 8. The highest BCUT2D eigenvalue weighted by molar-refractivity contribution is 5.67. The van der Waals surface area contributed by atoms with Crippen LogP contribution >= 0.6 is 0 Å². The van der Waals surface area contributed by atoms with Crippen LogP contribution in [0.25, 0.3) is 0 Å². The minimum atomic E-state index is -0.833. The van der Waals surface area contributed by atoms with Gasteiger partial charge in [0.1, 0.15) is 0 Å². The molecular weight excluding hydrogens is 520 g/mol. The zero-order valence-electron chi connectivity index (χ0n) is 23.1. The average molecular weight is 565 g/mol. The van der Waals surface area contributed by atoms with Gasteiger partial charge in [-0.1, -0.05) is 41.5 Å². The van der Waals surface area contributed by atoms with Crippen LogP contribution in [0.4, 0.5) is 0 Å². The average Bonchev–Trinajstić information content (AvgIpc) is 2.79. The Bertz CT molecular complexity index is 498. The van der Waals surface area contributed by atoms with E-state index in [2.05, 4.69) is 0 Å². The van der Waals surface area contributed by atoms with Crippen LogP contribution in [0, 0.1) is 0 Å². The number of rotatable bonds is 6. The Morgan fingerprint density at radius 3 is 0.342 bits per heavy atom. The molecule has 0 aromatic carbocycles. The molecule has 0 atom stereocenters. The van der Waals surface area contributed by atoms with Crippen LogP contribution in [-0.4, -0.2) is 88.6 Å². The van der Waals surface area contributed by atoms with E-state index in [1.807, 2.05) is 0 Å². The van der Waals surface area contributed by atoms with E-state index < -0.39 is 47.8 Å². The Kier molecular flexibility index (Phi) is 71.6. The number of hydrogen-bond acceptors (Lipinski definition) is 8. The van der Waals surface area contributed by atoms with Gasteiger partial charge < -0.3 is 40.9 Å². The Morgan fingerprint density at radius 1 is 0.316 bits per heavy atom. The fourth-order valence-corrected chi connectivity index (χ4v) is 0. The van der Waals surface area contributed by atoms with Crippen molar-refractivity contribution in [3.05, 3.63) is 0 Å². The molecule has 0 aliphatic heterocycles. The lowest BCUT2D eigenvalue weighted by molar-refractivity contribution is -0.137. The van der Waals surface area contributed by atoms with E-state index in [1.165, 1.54) is 0 Å².